The molecule has 3 N–H and O–H groups in total. The Balaban J connectivity index is 2.72. The molecule has 0 saturated heterocycles. The molecule has 3 nitrogen and oxygen atoms in total. The number of hydrogen-bond donors (Lipinski definition) is 2. The quantitative estimate of drug-likeness (QED) is 0.235. The first-order chi connectivity index (χ1) is 13.4. The van der Waals surface area contributed by atoms with Gasteiger partial charge in [-0.15, -0.1) is 15.5 Å². The average Bonchev–Trinajstić information content (AvgIpc) is 2.61. The highest BCUT2D eigenvalue weighted by Gasteiger charge is 2.90. The summed E-state index contributed by atoms with van der Waals surface area (Å²) < 4.78 is 96.4. The number of benzene rings is 2. The Kier molecular flexibility index (Phi) is 6.13. The zero-order valence-electron chi connectivity index (χ0n) is 14.4. The summed E-state index contributed by atoms with van der Waals surface area (Å²) in [6.07, 6.45) is 0. The van der Waals surface area contributed by atoms with Crippen LogP contribution < -0.4 is 11.1 Å². The minimum Gasteiger partial charge on any atom is -0.366 e. The number of carbonyl (C=O) groups is 1. The Morgan fingerprint density at radius 2 is 1.57 bits per heavy atom. The first kappa shape index (κ1) is 25.3. The highest BCUT2D eigenvalue weighted by Crippen LogP contribution is 3.09. The summed E-state index contributed by atoms with van der Waals surface area (Å²) in [6.45, 7) is 0. The van der Waals surface area contributed by atoms with E-state index in [1.165, 1.54) is 18.2 Å². The van der Waals surface area contributed by atoms with Crippen LogP contribution in [0.4, 0.5) is 40.1 Å². The normalized spacial score (nSPS) is 17.0. The predicted molar refractivity (Wildman–Crippen MR) is 114 cm³/mol. The van der Waals surface area contributed by atoms with Crippen LogP contribution in [0.2, 0.25) is 0 Å². The second kappa shape index (κ2) is 7.27. The molecule has 0 saturated carbocycles. The molecule has 168 valence electrons. The molecule has 1 atom stereocenters. The molecule has 0 bridgehead atoms. The van der Waals surface area contributed by atoms with E-state index in [1.807, 2.05) is 0 Å². The SMILES string of the molecule is NC(=O)c1cccc(Nc2ccccc2S(F)(F)(F)(F)C(F)(F)C(F)(Br)C(Br)Br)c1. The first-order valence-electron chi connectivity index (χ1n) is 7.65. The Morgan fingerprint density at radius 3 is 2.10 bits per heavy atom. The number of hydrogen-bond acceptors (Lipinski definition) is 2. The molecular formula is C16H12Br3F7N2OS. The third kappa shape index (κ3) is 3.95. The molecule has 0 fully saturated rings. The fourth-order valence-electron chi connectivity index (χ4n) is 2.37. The number of nitrogens with one attached hydrogen (secondary N) is 1. The molecule has 0 spiro atoms. The van der Waals surface area contributed by atoms with E-state index in [0.29, 0.717) is 12.1 Å². The Bertz CT molecular complexity index is 998. The number of anilines is 2. The second-order valence-electron chi connectivity index (χ2n) is 6.08. The van der Waals surface area contributed by atoms with Gasteiger partial charge in [-0.25, -0.2) is 4.39 Å². The van der Waals surface area contributed by atoms with Crippen molar-refractivity contribution >= 4 is 74.9 Å². The molecule has 1 unspecified atom stereocenters. The summed E-state index contributed by atoms with van der Waals surface area (Å²) >= 11 is 6.17. The third-order valence-corrected chi connectivity index (χ3v) is 10.2. The highest BCUT2D eigenvalue weighted by atomic mass is 79.9. The molecule has 0 aliphatic rings. The minimum absolute atomic E-state index is 0.0796. The first-order valence-corrected chi connectivity index (χ1v) is 12.3. The van der Waals surface area contributed by atoms with Gasteiger partial charge in [0.25, 0.3) is 4.58 Å². The predicted octanol–water partition coefficient (Wildman–Crippen LogP) is 8.07. The van der Waals surface area contributed by atoms with E-state index < -0.39 is 39.9 Å². The maximum atomic E-state index is 14.9. The summed E-state index contributed by atoms with van der Waals surface area (Å²) in [6, 6.07) is 7.25. The minimum atomic E-state index is -10.7. The van der Waals surface area contributed by atoms with Gasteiger partial charge >= 0.3 is 5.25 Å². The molecule has 2 aromatic carbocycles. The number of amides is 1. The van der Waals surface area contributed by atoms with Crippen molar-refractivity contribution in [3.8, 4) is 0 Å². The maximum absolute atomic E-state index is 14.9. The summed E-state index contributed by atoms with van der Waals surface area (Å²) in [7, 11) is -10.7. The van der Waals surface area contributed by atoms with E-state index in [-0.39, 0.29) is 17.3 Å². The maximum Gasteiger partial charge on any atom is 0.402 e. The van der Waals surface area contributed by atoms with E-state index in [1.54, 1.807) is 15.9 Å². The number of nitrogens with two attached hydrogens (primary N) is 1. The third-order valence-electron chi connectivity index (χ3n) is 3.93. The zero-order chi connectivity index (χ0) is 23.2. The number of para-hydroxylation sites is 1. The van der Waals surface area contributed by atoms with Crippen molar-refractivity contribution in [2.45, 2.75) is 18.5 Å². The summed E-state index contributed by atoms with van der Waals surface area (Å²) in [5.74, 6) is -0.900. The smallest absolute Gasteiger partial charge is 0.366 e. The zero-order valence-corrected chi connectivity index (χ0v) is 19.9. The van der Waals surface area contributed by atoms with Crippen LogP contribution in [-0.4, -0.2) is 19.5 Å². The lowest BCUT2D eigenvalue weighted by Gasteiger charge is -2.57. The molecule has 1 amide bonds. The van der Waals surface area contributed by atoms with Crippen LogP contribution in [0, 0.1) is 0 Å². The van der Waals surface area contributed by atoms with Gasteiger partial charge in [-0.2, -0.15) is 8.78 Å². The van der Waals surface area contributed by atoms with Crippen molar-refractivity contribution in [2.24, 2.45) is 5.73 Å². The topological polar surface area (TPSA) is 55.1 Å². The van der Waals surface area contributed by atoms with Gasteiger partial charge in [0.1, 0.15) is 8.63 Å². The molecule has 2 rings (SSSR count). The van der Waals surface area contributed by atoms with Gasteiger partial charge in [-0.05, 0) is 46.3 Å². The van der Waals surface area contributed by atoms with E-state index in [9.17, 15) is 33.5 Å². The Labute approximate surface area is 191 Å². The van der Waals surface area contributed by atoms with Gasteiger partial charge < -0.3 is 11.1 Å². The van der Waals surface area contributed by atoms with Crippen LogP contribution >= 0.6 is 57.6 Å². The van der Waals surface area contributed by atoms with Gasteiger partial charge in [-0.1, -0.05) is 50.1 Å². The molecule has 14 heteroatoms. The molecule has 0 aliphatic carbocycles. The monoisotopic (exact) mass is 650 g/mol. The van der Waals surface area contributed by atoms with Crippen molar-refractivity contribution in [3.05, 3.63) is 54.1 Å². The van der Waals surface area contributed by atoms with Crippen LogP contribution in [0.5, 0.6) is 0 Å². The van der Waals surface area contributed by atoms with E-state index in [4.69, 9.17) is 5.73 Å². The lowest BCUT2D eigenvalue weighted by Crippen LogP contribution is -2.53. The van der Waals surface area contributed by atoms with Crippen molar-refractivity contribution in [3.63, 3.8) is 0 Å². The van der Waals surface area contributed by atoms with Gasteiger partial charge in [0.05, 0.1) is 5.69 Å². The largest absolute Gasteiger partial charge is 0.402 e. The van der Waals surface area contributed by atoms with Gasteiger partial charge in [-0.3, -0.25) is 4.79 Å². The lowest BCUT2D eigenvalue weighted by molar-refractivity contribution is -0.0278. The van der Waals surface area contributed by atoms with Crippen molar-refractivity contribution in [1.82, 2.24) is 0 Å². The van der Waals surface area contributed by atoms with Gasteiger partial charge in [0.15, 0.2) is 0 Å². The van der Waals surface area contributed by atoms with Crippen LogP contribution in [0.25, 0.3) is 0 Å². The fraction of sp³-hybridized carbons (Fsp3) is 0.188. The molecule has 2 aromatic rings. The van der Waals surface area contributed by atoms with Crippen molar-refractivity contribution in [2.75, 3.05) is 5.32 Å². The lowest BCUT2D eigenvalue weighted by atomic mass is 10.2. The van der Waals surface area contributed by atoms with Crippen LogP contribution in [0.1, 0.15) is 10.4 Å². The second-order valence-corrected chi connectivity index (χ2v) is 13.4. The number of alkyl halides is 6. The van der Waals surface area contributed by atoms with E-state index >= 15 is 0 Å². The molecule has 0 radical (unpaired) electrons. The summed E-state index contributed by atoms with van der Waals surface area (Å²) in [4.78, 5) is 8.86. The molecule has 0 aliphatic heterocycles. The van der Waals surface area contributed by atoms with E-state index in [2.05, 4.69) is 37.2 Å². The molecule has 30 heavy (non-hydrogen) atoms. The number of primary amides is 1. The number of carbonyl (C=O) groups excluding carboxylic acids is 1. The Morgan fingerprint density at radius 1 is 1.00 bits per heavy atom. The van der Waals surface area contributed by atoms with E-state index in [0.717, 1.165) is 12.1 Å². The van der Waals surface area contributed by atoms with Crippen LogP contribution in [0.15, 0.2) is 53.4 Å². The Hall–Kier alpha value is -0.990. The summed E-state index contributed by atoms with van der Waals surface area (Å²) in [5, 5.41) is -4.34. The summed E-state index contributed by atoms with van der Waals surface area (Å²) in [5.41, 5.74) is 3.72. The highest BCUT2D eigenvalue weighted by molar-refractivity contribution is 9.25. The standard InChI is InChI=1S/C16H12Br3F7N2OS/c17-14(18)15(19,20)16(21,22)30(23,24,25,26)12-7-2-1-6-11(12)28-10-5-3-4-9(8-10)13(27)29/h1-8,14,28H,(H2,27,29). The number of halogens is 10. The number of rotatable bonds is 7. The van der Waals surface area contributed by atoms with Crippen LogP contribution in [0.3, 0.4) is 0 Å². The van der Waals surface area contributed by atoms with Crippen LogP contribution in [-0.2, 0) is 0 Å². The molecule has 0 heterocycles. The average molecular weight is 653 g/mol. The van der Waals surface area contributed by atoms with Crippen molar-refractivity contribution < 1.29 is 33.5 Å². The van der Waals surface area contributed by atoms with Crippen molar-refractivity contribution in [1.29, 1.82) is 0 Å². The van der Waals surface area contributed by atoms with Gasteiger partial charge in [0.2, 0.25) is 15.7 Å². The molecular weight excluding hydrogens is 641 g/mol. The fourth-order valence-corrected chi connectivity index (χ4v) is 6.08. The molecule has 0 aromatic heterocycles. The van der Waals surface area contributed by atoms with Gasteiger partial charge in [0, 0.05) is 11.3 Å².